The van der Waals surface area contributed by atoms with Crippen molar-refractivity contribution < 1.29 is 9.53 Å². The highest BCUT2D eigenvalue weighted by Gasteiger charge is 2.22. The first-order valence-corrected chi connectivity index (χ1v) is 12.4. The first kappa shape index (κ1) is 23.2. The summed E-state index contributed by atoms with van der Waals surface area (Å²) < 4.78 is 7.09. The number of hydrogen-bond donors (Lipinski definition) is 0. The van der Waals surface area contributed by atoms with Crippen molar-refractivity contribution in [2.75, 3.05) is 32.8 Å². The molecule has 0 saturated carbocycles. The van der Waals surface area contributed by atoms with Crippen molar-refractivity contribution in [3.8, 4) is 16.3 Å². The summed E-state index contributed by atoms with van der Waals surface area (Å²) in [7, 11) is 0. The normalized spacial score (nSPS) is 14.4. The average Bonchev–Trinajstić information content (AvgIpc) is 3.29. The molecule has 0 aliphatic carbocycles. The fourth-order valence-electron chi connectivity index (χ4n) is 4.19. The van der Waals surface area contributed by atoms with Gasteiger partial charge in [0.05, 0.1) is 5.69 Å². The number of aryl methyl sites for hydroxylation is 2. The van der Waals surface area contributed by atoms with E-state index < -0.39 is 0 Å². The van der Waals surface area contributed by atoms with Crippen LogP contribution in [0.5, 0.6) is 5.75 Å². The molecule has 5 rings (SSSR count). The Morgan fingerprint density at radius 1 is 1.00 bits per heavy atom. The van der Waals surface area contributed by atoms with E-state index in [-0.39, 0.29) is 18.1 Å². The second-order valence-corrected chi connectivity index (χ2v) is 9.67. The number of carbonyl (C=O) groups excluding carboxylic acids is 1. The van der Waals surface area contributed by atoms with Crippen LogP contribution in [-0.4, -0.2) is 63.1 Å². The maximum absolute atomic E-state index is 12.7. The number of piperazine rings is 1. The summed E-state index contributed by atoms with van der Waals surface area (Å²) in [6.07, 6.45) is 0. The summed E-state index contributed by atoms with van der Waals surface area (Å²) in [5, 5.41) is 5.28. The van der Waals surface area contributed by atoms with Crippen LogP contribution >= 0.6 is 11.3 Å². The predicted octanol–water partition coefficient (Wildman–Crippen LogP) is 3.16. The lowest BCUT2D eigenvalue weighted by Gasteiger charge is -2.34. The largest absolute Gasteiger partial charge is 0.484 e. The quantitative estimate of drug-likeness (QED) is 0.414. The summed E-state index contributed by atoms with van der Waals surface area (Å²) in [5.41, 5.74) is 3.67. The molecule has 0 unspecified atom stereocenters. The molecule has 0 bridgehead atoms. The van der Waals surface area contributed by atoms with E-state index >= 15 is 0 Å². The third kappa shape index (κ3) is 5.11. The fourth-order valence-corrected chi connectivity index (χ4v) is 5.21. The van der Waals surface area contributed by atoms with Crippen molar-refractivity contribution in [3.05, 3.63) is 81.8 Å². The summed E-state index contributed by atoms with van der Waals surface area (Å²) in [4.78, 5) is 34.7. The Bertz CT molecular complexity index is 1420. The van der Waals surface area contributed by atoms with Crippen LogP contribution in [0.1, 0.15) is 16.8 Å². The molecule has 2 aromatic carbocycles. The van der Waals surface area contributed by atoms with Gasteiger partial charge in [-0.2, -0.15) is 9.61 Å². The Morgan fingerprint density at radius 3 is 2.46 bits per heavy atom. The number of aromatic nitrogens is 3. The van der Waals surface area contributed by atoms with Crippen LogP contribution in [0.15, 0.2) is 59.4 Å². The second kappa shape index (κ2) is 9.97. The molecule has 9 heteroatoms. The van der Waals surface area contributed by atoms with E-state index in [1.165, 1.54) is 15.9 Å². The molecule has 3 heterocycles. The topological polar surface area (TPSA) is 80.0 Å². The van der Waals surface area contributed by atoms with Crippen molar-refractivity contribution in [3.63, 3.8) is 0 Å². The van der Waals surface area contributed by atoms with Gasteiger partial charge in [-0.1, -0.05) is 53.8 Å². The van der Waals surface area contributed by atoms with E-state index in [0.29, 0.717) is 37.7 Å². The van der Waals surface area contributed by atoms with Gasteiger partial charge in [0, 0.05) is 44.4 Å². The maximum Gasteiger partial charge on any atom is 0.275 e. The first-order valence-electron chi connectivity index (χ1n) is 11.6. The molecule has 180 valence electrons. The lowest BCUT2D eigenvalue weighted by molar-refractivity contribution is -0.135. The molecule has 1 amide bonds. The van der Waals surface area contributed by atoms with Crippen molar-refractivity contribution in [1.29, 1.82) is 0 Å². The van der Waals surface area contributed by atoms with Gasteiger partial charge < -0.3 is 9.64 Å². The van der Waals surface area contributed by atoms with Gasteiger partial charge in [0.15, 0.2) is 6.61 Å². The lowest BCUT2D eigenvalue weighted by Crippen LogP contribution is -2.49. The monoisotopic (exact) mass is 489 g/mol. The number of nitrogens with zero attached hydrogens (tertiary/aromatic N) is 5. The zero-order valence-corrected chi connectivity index (χ0v) is 20.6. The number of hydrogen-bond acceptors (Lipinski definition) is 7. The van der Waals surface area contributed by atoms with Crippen molar-refractivity contribution in [1.82, 2.24) is 24.4 Å². The van der Waals surface area contributed by atoms with Gasteiger partial charge in [-0.3, -0.25) is 14.5 Å². The molecule has 0 N–H and O–H groups in total. The molecule has 0 spiro atoms. The van der Waals surface area contributed by atoms with Gasteiger partial charge in [0.25, 0.3) is 11.5 Å². The minimum absolute atomic E-state index is 0.0147. The zero-order chi connectivity index (χ0) is 24.4. The highest BCUT2D eigenvalue weighted by atomic mass is 32.1. The molecule has 1 aliphatic heterocycles. The summed E-state index contributed by atoms with van der Waals surface area (Å²) in [6, 6.07) is 17.2. The highest BCUT2D eigenvalue weighted by Crippen LogP contribution is 2.27. The number of benzene rings is 2. The Labute approximate surface area is 207 Å². The predicted molar refractivity (Wildman–Crippen MR) is 136 cm³/mol. The fraction of sp³-hybridized carbons (Fsp3) is 0.308. The van der Waals surface area contributed by atoms with Crippen LogP contribution in [-0.2, 0) is 11.3 Å². The number of fused-ring (bicyclic) bond motifs is 1. The molecule has 0 radical (unpaired) electrons. The van der Waals surface area contributed by atoms with Crippen LogP contribution < -0.4 is 10.3 Å². The molecular formula is C26H27N5O3S. The van der Waals surface area contributed by atoms with E-state index in [1.807, 2.05) is 67.3 Å². The molecule has 1 saturated heterocycles. The van der Waals surface area contributed by atoms with E-state index in [4.69, 9.17) is 9.72 Å². The van der Waals surface area contributed by atoms with Gasteiger partial charge in [-0.15, -0.1) is 0 Å². The van der Waals surface area contributed by atoms with Crippen LogP contribution in [0.25, 0.3) is 15.5 Å². The first-order chi connectivity index (χ1) is 17.0. The molecule has 1 fully saturated rings. The van der Waals surface area contributed by atoms with Crippen molar-refractivity contribution in [2.45, 2.75) is 20.4 Å². The number of amides is 1. The minimum atomic E-state index is -0.178. The standard InChI is InChI=1S/C26H27N5O3S/c1-18-7-3-5-9-21(18)25-28-31-23(32)15-20(27-26(31)35-25)16-29-11-13-30(14-12-29)24(33)17-34-22-10-6-4-8-19(22)2/h3-10,15H,11-14,16-17H2,1-2H3. The third-order valence-corrected chi connectivity index (χ3v) is 7.17. The zero-order valence-electron chi connectivity index (χ0n) is 19.8. The third-order valence-electron chi connectivity index (χ3n) is 6.23. The van der Waals surface area contributed by atoms with Gasteiger partial charge in [0.1, 0.15) is 10.8 Å². The summed E-state index contributed by atoms with van der Waals surface area (Å²) >= 11 is 1.42. The van der Waals surface area contributed by atoms with E-state index in [1.54, 1.807) is 6.07 Å². The van der Waals surface area contributed by atoms with E-state index in [0.717, 1.165) is 33.1 Å². The number of para-hydroxylation sites is 1. The van der Waals surface area contributed by atoms with Gasteiger partial charge in [0.2, 0.25) is 4.96 Å². The highest BCUT2D eigenvalue weighted by molar-refractivity contribution is 7.19. The smallest absolute Gasteiger partial charge is 0.275 e. The van der Waals surface area contributed by atoms with Gasteiger partial charge in [-0.05, 0) is 31.0 Å². The Balaban J connectivity index is 1.20. The second-order valence-electron chi connectivity index (χ2n) is 8.71. The van der Waals surface area contributed by atoms with Crippen LogP contribution in [0.2, 0.25) is 0 Å². The molecule has 8 nitrogen and oxygen atoms in total. The van der Waals surface area contributed by atoms with Crippen LogP contribution in [0.3, 0.4) is 0 Å². The van der Waals surface area contributed by atoms with E-state index in [9.17, 15) is 9.59 Å². The molecule has 4 aromatic rings. The van der Waals surface area contributed by atoms with Crippen molar-refractivity contribution >= 4 is 22.2 Å². The molecule has 0 atom stereocenters. The number of ether oxygens (including phenoxy) is 1. The minimum Gasteiger partial charge on any atom is -0.484 e. The van der Waals surface area contributed by atoms with Gasteiger partial charge in [-0.25, -0.2) is 4.98 Å². The maximum atomic E-state index is 12.7. The average molecular weight is 490 g/mol. The van der Waals surface area contributed by atoms with Crippen LogP contribution in [0.4, 0.5) is 0 Å². The van der Waals surface area contributed by atoms with Crippen molar-refractivity contribution in [2.24, 2.45) is 0 Å². The number of rotatable bonds is 6. The SMILES string of the molecule is Cc1ccccc1OCC(=O)N1CCN(Cc2cc(=O)n3nc(-c4ccccc4C)sc3n2)CC1. The molecule has 2 aromatic heterocycles. The summed E-state index contributed by atoms with van der Waals surface area (Å²) in [5.74, 6) is 0.722. The van der Waals surface area contributed by atoms with Crippen LogP contribution in [0, 0.1) is 13.8 Å². The lowest BCUT2D eigenvalue weighted by atomic mass is 10.1. The van der Waals surface area contributed by atoms with Gasteiger partial charge >= 0.3 is 0 Å². The molecular weight excluding hydrogens is 462 g/mol. The summed E-state index contributed by atoms with van der Waals surface area (Å²) in [6.45, 7) is 7.26. The Kier molecular flexibility index (Phi) is 6.61. The Morgan fingerprint density at radius 2 is 1.71 bits per heavy atom. The molecule has 35 heavy (non-hydrogen) atoms. The number of carbonyl (C=O) groups is 1. The Hall–Kier alpha value is -3.56. The molecule has 1 aliphatic rings. The van der Waals surface area contributed by atoms with E-state index in [2.05, 4.69) is 10.00 Å².